The maximum atomic E-state index is 11.8. The molecule has 4 aliphatic carbocycles. The van der Waals surface area contributed by atoms with Gasteiger partial charge in [-0.3, -0.25) is 0 Å². The van der Waals surface area contributed by atoms with Crippen LogP contribution in [-0.2, 0) is 4.79 Å². The number of hydrogen-bond acceptors (Lipinski definition) is 1. The van der Waals surface area contributed by atoms with Gasteiger partial charge in [-0.25, -0.2) is 4.79 Å². The van der Waals surface area contributed by atoms with Crippen LogP contribution in [-0.4, -0.2) is 5.94 Å². The lowest BCUT2D eigenvalue weighted by Gasteiger charge is -2.64. The zero-order valence-electron chi connectivity index (χ0n) is 14.9. The topological polar surface area (TPSA) is 17.1 Å². The van der Waals surface area contributed by atoms with Crippen LogP contribution in [0.25, 0.3) is 0 Å². The van der Waals surface area contributed by atoms with Gasteiger partial charge in [-0.15, -0.1) is 0 Å². The molecule has 1 spiro atoms. The second kappa shape index (κ2) is 4.50. The van der Waals surface area contributed by atoms with E-state index in [-0.39, 0.29) is 5.41 Å². The zero-order chi connectivity index (χ0) is 15.8. The molecule has 0 amide bonds. The van der Waals surface area contributed by atoms with E-state index in [9.17, 15) is 4.79 Å². The van der Waals surface area contributed by atoms with Gasteiger partial charge in [0.15, 0.2) is 0 Å². The lowest BCUT2D eigenvalue weighted by Crippen LogP contribution is -2.57. The second-order valence-electron chi connectivity index (χ2n) is 10.1. The Labute approximate surface area is 135 Å². The van der Waals surface area contributed by atoms with Crippen LogP contribution in [0.5, 0.6) is 0 Å². The standard InChI is InChI=1S/C21H32O/c1-14-11-21-10-8-17-19(2,3)9-7-16(13-22)20(17,4)18(21)6-5-15(14)12-21/h14-15,17-18H,5-12H2,1-4H3/t14-,15-,17+,18+,20+,21+/m1/s1. The minimum absolute atomic E-state index is 0.136. The Morgan fingerprint density at radius 3 is 2.50 bits per heavy atom. The molecule has 0 aromatic carbocycles. The molecule has 0 aromatic heterocycles. The van der Waals surface area contributed by atoms with Crippen molar-refractivity contribution in [2.75, 3.05) is 0 Å². The van der Waals surface area contributed by atoms with Gasteiger partial charge in [0.1, 0.15) is 5.94 Å². The van der Waals surface area contributed by atoms with E-state index < -0.39 is 0 Å². The van der Waals surface area contributed by atoms with Crippen LogP contribution in [0, 0.1) is 39.9 Å². The molecule has 0 aliphatic heterocycles. The molecule has 0 saturated heterocycles. The highest BCUT2D eigenvalue weighted by molar-refractivity contribution is 5.56. The van der Waals surface area contributed by atoms with E-state index in [0.717, 1.165) is 29.7 Å². The molecule has 4 rings (SSSR count). The predicted molar refractivity (Wildman–Crippen MR) is 90.1 cm³/mol. The summed E-state index contributed by atoms with van der Waals surface area (Å²) in [6, 6.07) is 0. The molecule has 0 radical (unpaired) electrons. The predicted octanol–water partition coefficient (Wildman–Crippen LogP) is 5.42. The Bertz CT molecular complexity index is 536. The van der Waals surface area contributed by atoms with Crippen molar-refractivity contribution in [3.63, 3.8) is 0 Å². The summed E-state index contributed by atoms with van der Waals surface area (Å²) in [4.78, 5) is 11.8. The average molecular weight is 300 g/mol. The Balaban J connectivity index is 1.82. The molecule has 1 nitrogen and oxygen atoms in total. The molecule has 22 heavy (non-hydrogen) atoms. The lowest BCUT2D eigenvalue weighted by molar-refractivity contribution is -0.114. The molecule has 0 N–H and O–H groups in total. The van der Waals surface area contributed by atoms with Crippen LogP contribution in [0.2, 0.25) is 0 Å². The minimum Gasteiger partial charge on any atom is -0.234 e. The summed E-state index contributed by atoms with van der Waals surface area (Å²) in [7, 11) is 0. The molecule has 4 saturated carbocycles. The van der Waals surface area contributed by atoms with Gasteiger partial charge < -0.3 is 0 Å². The summed E-state index contributed by atoms with van der Waals surface area (Å²) in [6.45, 7) is 9.86. The first-order valence-electron chi connectivity index (χ1n) is 9.58. The molecule has 6 atom stereocenters. The van der Waals surface area contributed by atoms with Crippen molar-refractivity contribution in [1.82, 2.24) is 0 Å². The van der Waals surface area contributed by atoms with Gasteiger partial charge in [-0.05, 0) is 85.9 Å². The molecule has 0 unspecified atom stereocenters. The van der Waals surface area contributed by atoms with Gasteiger partial charge in [0, 0.05) is 11.0 Å². The van der Waals surface area contributed by atoms with Gasteiger partial charge >= 0.3 is 0 Å². The summed E-state index contributed by atoms with van der Waals surface area (Å²) in [5, 5.41) is 0. The number of hydrogen-bond donors (Lipinski definition) is 0. The quantitative estimate of drug-likeness (QED) is 0.546. The molecule has 0 aromatic rings. The highest BCUT2D eigenvalue weighted by atomic mass is 16.1. The van der Waals surface area contributed by atoms with Crippen molar-refractivity contribution < 1.29 is 4.79 Å². The van der Waals surface area contributed by atoms with Crippen molar-refractivity contribution in [3.8, 4) is 0 Å². The molecule has 122 valence electrons. The van der Waals surface area contributed by atoms with Gasteiger partial charge in [-0.1, -0.05) is 27.7 Å². The van der Waals surface area contributed by atoms with Crippen LogP contribution in [0.1, 0.15) is 79.1 Å². The third-order valence-electron chi connectivity index (χ3n) is 8.88. The Morgan fingerprint density at radius 2 is 1.77 bits per heavy atom. The van der Waals surface area contributed by atoms with E-state index in [1.54, 1.807) is 0 Å². The zero-order valence-corrected chi connectivity index (χ0v) is 14.9. The fourth-order valence-corrected chi connectivity index (χ4v) is 7.94. The minimum atomic E-state index is 0.136. The molecular formula is C21H32O. The molecule has 0 heterocycles. The van der Waals surface area contributed by atoms with E-state index in [1.807, 2.05) is 0 Å². The molecule has 1 heteroatoms. The molecule has 2 bridgehead atoms. The van der Waals surface area contributed by atoms with Crippen molar-refractivity contribution >= 4 is 5.94 Å². The SMILES string of the molecule is C[C@@H]1C[C@]23CC[C@H]4C(C)(C)CCC(=C=O)[C@]4(C)[C@@H]2CC[C@@H]1C3. The second-order valence-corrected chi connectivity index (χ2v) is 10.1. The van der Waals surface area contributed by atoms with Crippen molar-refractivity contribution in [2.24, 2.45) is 39.9 Å². The van der Waals surface area contributed by atoms with Crippen LogP contribution in [0.4, 0.5) is 0 Å². The highest BCUT2D eigenvalue weighted by Crippen LogP contribution is 2.72. The van der Waals surface area contributed by atoms with Crippen molar-refractivity contribution in [3.05, 3.63) is 5.57 Å². The third kappa shape index (κ3) is 1.70. The maximum absolute atomic E-state index is 11.8. The molecular weight excluding hydrogens is 268 g/mol. The Hall–Kier alpha value is -0.550. The number of rotatable bonds is 0. The first-order chi connectivity index (χ1) is 10.3. The normalized spacial score (nSPS) is 52.6. The van der Waals surface area contributed by atoms with Crippen molar-refractivity contribution in [1.29, 1.82) is 0 Å². The van der Waals surface area contributed by atoms with Crippen LogP contribution in [0.15, 0.2) is 5.57 Å². The molecule has 4 aliphatic rings. The first kappa shape index (κ1) is 15.0. The smallest absolute Gasteiger partial charge is 0.124 e. The van der Waals surface area contributed by atoms with E-state index in [4.69, 9.17) is 0 Å². The summed E-state index contributed by atoms with van der Waals surface area (Å²) in [5.41, 5.74) is 2.23. The van der Waals surface area contributed by atoms with Crippen LogP contribution in [0.3, 0.4) is 0 Å². The fraction of sp³-hybridized carbons (Fsp3) is 0.905. The monoisotopic (exact) mass is 300 g/mol. The summed E-state index contributed by atoms with van der Waals surface area (Å²) in [6.07, 6.45) is 10.6. The fourth-order valence-electron chi connectivity index (χ4n) is 7.94. The third-order valence-corrected chi connectivity index (χ3v) is 8.88. The summed E-state index contributed by atoms with van der Waals surface area (Å²) < 4.78 is 0. The Kier molecular flexibility index (Phi) is 3.07. The largest absolute Gasteiger partial charge is 0.234 e. The van der Waals surface area contributed by atoms with Gasteiger partial charge in [-0.2, -0.15) is 0 Å². The Morgan fingerprint density at radius 1 is 1.00 bits per heavy atom. The number of carbonyl (C=O) groups excluding carboxylic acids is 1. The van der Waals surface area contributed by atoms with Gasteiger partial charge in [0.05, 0.1) is 0 Å². The van der Waals surface area contributed by atoms with E-state index >= 15 is 0 Å². The van der Waals surface area contributed by atoms with E-state index in [2.05, 4.69) is 33.6 Å². The van der Waals surface area contributed by atoms with Crippen LogP contribution >= 0.6 is 0 Å². The summed E-state index contributed by atoms with van der Waals surface area (Å²) >= 11 is 0. The van der Waals surface area contributed by atoms with E-state index in [1.165, 1.54) is 44.9 Å². The maximum Gasteiger partial charge on any atom is 0.124 e. The highest BCUT2D eigenvalue weighted by Gasteiger charge is 2.65. The van der Waals surface area contributed by atoms with Gasteiger partial charge in [0.25, 0.3) is 0 Å². The first-order valence-corrected chi connectivity index (χ1v) is 9.58. The van der Waals surface area contributed by atoms with Gasteiger partial charge in [0.2, 0.25) is 0 Å². The van der Waals surface area contributed by atoms with Crippen LogP contribution < -0.4 is 0 Å². The molecule has 4 fully saturated rings. The van der Waals surface area contributed by atoms with Crippen molar-refractivity contribution in [2.45, 2.75) is 79.1 Å². The summed E-state index contributed by atoms with van der Waals surface area (Å²) in [5.74, 6) is 5.76. The van der Waals surface area contributed by atoms with E-state index in [0.29, 0.717) is 16.7 Å². The lowest BCUT2D eigenvalue weighted by atomic mass is 9.40. The number of allylic oxidation sites excluding steroid dienone is 1. The number of fused-ring (bicyclic) bond motifs is 3. The average Bonchev–Trinajstić information content (AvgIpc) is 2.68.